The molecule has 0 radical (unpaired) electrons. The van der Waals surface area contributed by atoms with Gasteiger partial charge in [-0.25, -0.2) is 9.59 Å². The molecule has 0 aliphatic heterocycles. The SMILES string of the molecule is CC(C=CC1=C(C)CCCC1(C)C)=CC=CC(C)=CC(=O)Oc1ccc(Cc2c(C)cc(OCC(=O)O)cc2C)cc1C(C)C. The molecule has 5 heteroatoms. The topological polar surface area (TPSA) is 72.8 Å². The van der Waals surface area contributed by atoms with Gasteiger partial charge in [-0.3, -0.25) is 0 Å². The Kier molecular flexibility index (Phi) is 12.4. The zero-order valence-electron chi connectivity index (χ0n) is 28.5. The minimum absolute atomic E-state index is 0.159. The predicted octanol–water partition coefficient (Wildman–Crippen LogP) is 9.92. The van der Waals surface area contributed by atoms with Crippen molar-refractivity contribution in [2.75, 3.05) is 6.61 Å². The Bertz CT molecular complexity index is 1540. The Morgan fingerprint density at radius 1 is 1.00 bits per heavy atom. The first-order valence-corrected chi connectivity index (χ1v) is 15.9. The molecule has 2 aromatic carbocycles. The summed E-state index contributed by atoms with van der Waals surface area (Å²) >= 11 is 0. The van der Waals surface area contributed by atoms with E-state index in [0.717, 1.165) is 39.0 Å². The summed E-state index contributed by atoms with van der Waals surface area (Å²) in [5.74, 6) is -0.135. The lowest BCUT2D eigenvalue weighted by Gasteiger charge is -2.32. The summed E-state index contributed by atoms with van der Waals surface area (Å²) in [7, 11) is 0. The van der Waals surface area contributed by atoms with Crippen LogP contribution >= 0.6 is 0 Å². The third-order valence-corrected chi connectivity index (χ3v) is 8.44. The Morgan fingerprint density at radius 2 is 1.69 bits per heavy atom. The maximum Gasteiger partial charge on any atom is 0.341 e. The summed E-state index contributed by atoms with van der Waals surface area (Å²) in [5.41, 5.74) is 10.4. The summed E-state index contributed by atoms with van der Waals surface area (Å²) in [6.07, 6.45) is 16.3. The quantitative estimate of drug-likeness (QED) is 0.112. The molecule has 0 amide bonds. The first kappa shape index (κ1) is 35.4. The van der Waals surface area contributed by atoms with Crippen molar-refractivity contribution in [2.24, 2.45) is 5.41 Å². The highest BCUT2D eigenvalue weighted by Crippen LogP contribution is 2.40. The van der Waals surface area contributed by atoms with Crippen LogP contribution in [0.3, 0.4) is 0 Å². The van der Waals surface area contributed by atoms with Crippen LogP contribution in [0.4, 0.5) is 0 Å². The number of carbonyl (C=O) groups excluding carboxylic acids is 1. The second-order valence-electron chi connectivity index (χ2n) is 13.3. The number of rotatable bonds is 12. The van der Waals surface area contributed by atoms with Gasteiger partial charge in [0.1, 0.15) is 11.5 Å². The number of allylic oxidation sites excluding steroid dienone is 9. The van der Waals surface area contributed by atoms with Crippen molar-refractivity contribution in [3.63, 3.8) is 0 Å². The molecule has 0 heterocycles. The second-order valence-corrected chi connectivity index (χ2v) is 13.3. The molecule has 0 spiro atoms. The van der Waals surface area contributed by atoms with E-state index in [1.807, 2.05) is 57.2 Å². The number of ether oxygens (including phenoxy) is 2. The van der Waals surface area contributed by atoms with Gasteiger partial charge in [0.25, 0.3) is 0 Å². The predicted molar refractivity (Wildman–Crippen MR) is 184 cm³/mol. The lowest BCUT2D eigenvalue weighted by molar-refractivity contribution is -0.139. The van der Waals surface area contributed by atoms with Crippen molar-refractivity contribution in [3.05, 3.63) is 117 Å². The summed E-state index contributed by atoms with van der Waals surface area (Å²) in [5, 5.41) is 8.91. The summed E-state index contributed by atoms with van der Waals surface area (Å²) < 4.78 is 11.2. The van der Waals surface area contributed by atoms with Crippen LogP contribution < -0.4 is 9.47 Å². The standard InChI is InChI=1S/C40H50O5/c1-26(2)34-23-32(24-35-30(6)21-33(22-31(35)7)44-25-38(41)42)16-18-37(34)45-39(43)20-28(4)13-10-12-27(3)15-17-36-29(5)14-11-19-40(36,8)9/h10,12-13,15-18,20-23,26H,11,14,19,24-25H2,1-9H3,(H,41,42). The molecule has 0 fully saturated rings. The van der Waals surface area contributed by atoms with Crippen LogP contribution in [0.1, 0.15) is 101 Å². The van der Waals surface area contributed by atoms with E-state index >= 15 is 0 Å². The van der Waals surface area contributed by atoms with Crippen molar-refractivity contribution in [3.8, 4) is 11.5 Å². The molecular weight excluding hydrogens is 560 g/mol. The fraction of sp³-hybridized carbons (Fsp3) is 0.400. The molecule has 0 saturated heterocycles. The van der Waals surface area contributed by atoms with E-state index in [2.05, 4.69) is 65.8 Å². The monoisotopic (exact) mass is 610 g/mol. The molecule has 0 unspecified atom stereocenters. The Labute approximate surface area is 270 Å². The fourth-order valence-electron chi connectivity index (χ4n) is 5.92. The van der Waals surface area contributed by atoms with Crippen molar-refractivity contribution < 1.29 is 24.2 Å². The van der Waals surface area contributed by atoms with E-state index in [-0.39, 0.29) is 17.9 Å². The number of aliphatic carboxylic acids is 1. The van der Waals surface area contributed by atoms with Crippen LogP contribution in [0.2, 0.25) is 0 Å². The molecule has 1 N–H and O–H groups in total. The normalized spacial score (nSPS) is 15.8. The van der Waals surface area contributed by atoms with Gasteiger partial charge in [-0.1, -0.05) is 81.4 Å². The Hall–Kier alpha value is -4.12. The molecule has 0 saturated carbocycles. The van der Waals surface area contributed by atoms with Gasteiger partial charge < -0.3 is 14.6 Å². The average molecular weight is 611 g/mol. The number of hydrogen-bond donors (Lipinski definition) is 1. The molecule has 5 nitrogen and oxygen atoms in total. The van der Waals surface area contributed by atoms with Crippen LogP contribution in [-0.4, -0.2) is 23.7 Å². The number of hydrogen-bond acceptors (Lipinski definition) is 4. The van der Waals surface area contributed by atoms with Gasteiger partial charge in [0.2, 0.25) is 0 Å². The number of carbonyl (C=O) groups is 2. The van der Waals surface area contributed by atoms with Crippen molar-refractivity contribution in [2.45, 2.75) is 93.9 Å². The van der Waals surface area contributed by atoms with Gasteiger partial charge >= 0.3 is 11.9 Å². The molecule has 1 aliphatic rings. The van der Waals surface area contributed by atoms with Crippen LogP contribution in [-0.2, 0) is 16.0 Å². The molecule has 0 bridgehead atoms. The molecule has 0 aromatic heterocycles. The lowest BCUT2D eigenvalue weighted by atomic mass is 9.72. The van der Waals surface area contributed by atoms with Gasteiger partial charge in [-0.2, -0.15) is 0 Å². The zero-order chi connectivity index (χ0) is 33.3. The molecule has 1 aliphatic carbocycles. The van der Waals surface area contributed by atoms with Gasteiger partial charge in [0.05, 0.1) is 0 Å². The number of carboxylic acids is 1. The van der Waals surface area contributed by atoms with Crippen LogP contribution in [0.25, 0.3) is 0 Å². The van der Waals surface area contributed by atoms with E-state index in [9.17, 15) is 9.59 Å². The number of aryl methyl sites for hydroxylation is 2. The first-order valence-electron chi connectivity index (χ1n) is 15.9. The van der Waals surface area contributed by atoms with E-state index in [1.165, 1.54) is 36.5 Å². The minimum Gasteiger partial charge on any atom is -0.482 e. The molecule has 3 rings (SSSR count). The number of carboxylic acid groups (broad SMARTS) is 1. The maximum absolute atomic E-state index is 12.8. The Balaban J connectivity index is 1.68. The van der Waals surface area contributed by atoms with Gasteiger partial charge in [-0.05, 0) is 129 Å². The molecule has 45 heavy (non-hydrogen) atoms. The Morgan fingerprint density at radius 3 is 2.31 bits per heavy atom. The van der Waals surface area contributed by atoms with E-state index in [1.54, 1.807) is 0 Å². The highest BCUT2D eigenvalue weighted by atomic mass is 16.5. The number of esters is 1. The minimum atomic E-state index is -1.00. The fourth-order valence-corrected chi connectivity index (χ4v) is 5.92. The zero-order valence-corrected chi connectivity index (χ0v) is 28.5. The van der Waals surface area contributed by atoms with Gasteiger partial charge in [0.15, 0.2) is 6.61 Å². The number of benzene rings is 2. The maximum atomic E-state index is 12.8. The lowest BCUT2D eigenvalue weighted by Crippen LogP contribution is -2.19. The van der Waals surface area contributed by atoms with Crippen molar-refractivity contribution in [1.82, 2.24) is 0 Å². The van der Waals surface area contributed by atoms with E-state index in [4.69, 9.17) is 14.6 Å². The first-order chi connectivity index (χ1) is 21.2. The van der Waals surface area contributed by atoms with Crippen molar-refractivity contribution in [1.29, 1.82) is 0 Å². The summed E-state index contributed by atoms with van der Waals surface area (Å²) in [4.78, 5) is 23.7. The van der Waals surface area contributed by atoms with Crippen molar-refractivity contribution >= 4 is 11.9 Å². The van der Waals surface area contributed by atoms with E-state index < -0.39 is 11.9 Å². The third-order valence-electron chi connectivity index (χ3n) is 8.44. The van der Waals surface area contributed by atoms with Gasteiger partial charge in [-0.15, -0.1) is 0 Å². The smallest absolute Gasteiger partial charge is 0.341 e. The summed E-state index contributed by atoms with van der Waals surface area (Å²) in [6.45, 7) is 18.7. The largest absolute Gasteiger partial charge is 0.482 e. The molecule has 240 valence electrons. The van der Waals surface area contributed by atoms with Crippen LogP contribution in [0, 0.1) is 19.3 Å². The third kappa shape index (κ3) is 10.5. The highest BCUT2D eigenvalue weighted by Gasteiger charge is 2.26. The van der Waals surface area contributed by atoms with E-state index in [0.29, 0.717) is 17.9 Å². The molecule has 0 atom stereocenters. The molecular formula is C40H50O5. The van der Waals surface area contributed by atoms with Gasteiger partial charge in [0, 0.05) is 6.08 Å². The van der Waals surface area contributed by atoms with Crippen LogP contribution in [0.15, 0.2) is 89.1 Å². The summed E-state index contributed by atoms with van der Waals surface area (Å²) in [6, 6.07) is 9.72. The average Bonchev–Trinajstić information content (AvgIpc) is 2.93. The highest BCUT2D eigenvalue weighted by molar-refractivity contribution is 5.85. The second kappa shape index (κ2) is 15.7. The van der Waals surface area contributed by atoms with Crippen LogP contribution in [0.5, 0.6) is 11.5 Å². The molecule has 2 aromatic rings.